The number of anilines is 1. The third-order valence-electron chi connectivity index (χ3n) is 4.75. The maximum Gasteiger partial charge on any atom is 0.228 e. The van der Waals surface area contributed by atoms with Gasteiger partial charge in [-0.05, 0) is 36.2 Å². The summed E-state index contributed by atoms with van der Waals surface area (Å²) in [5, 5.41) is 5.83. The molecule has 26 heavy (non-hydrogen) atoms. The zero-order chi connectivity index (χ0) is 18.3. The van der Waals surface area contributed by atoms with Crippen molar-refractivity contribution in [1.82, 2.24) is 14.9 Å². The molecule has 0 saturated carbocycles. The van der Waals surface area contributed by atoms with E-state index in [2.05, 4.69) is 15.6 Å². The summed E-state index contributed by atoms with van der Waals surface area (Å²) in [5.41, 5.74) is 4.62. The Morgan fingerprint density at radius 3 is 2.92 bits per heavy atom. The van der Waals surface area contributed by atoms with Gasteiger partial charge in [0.1, 0.15) is 5.82 Å². The Morgan fingerprint density at radius 1 is 1.31 bits per heavy atom. The number of carbonyl (C=O) groups excluding carboxylic acids is 2. The van der Waals surface area contributed by atoms with E-state index in [1.54, 1.807) is 0 Å². The Balaban J connectivity index is 1.47. The van der Waals surface area contributed by atoms with Crippen LogP contribution in [0.5, 0.6) is 0 Å². The van der Waals surface area contributed by atoms with E-state index in [9.17, 15) is 9.59 Å². The number of rotatable bonds is 4. The Bertz CT molecular complexity index is 1020. The van der Waals surface area contributed by atoms with Gasteiger partial charge in [-0.1, -0.05) is 24.3 Å². The minimum absolute atomic E-state index is 0.00271. The summed E-state index contributed by atoms with van der Waals surface area (Å²) in [6, 6.07) is 13.4. The molecule has 1 aromatic heterocycles. The molecular weight excluding hydrogens is 328 g/mol. The zero-order valence-corrected chi connectivity index (χ0v) is 14.7. The van der Waals surface area contributed by atoms with Crippen LogP contribution in [-0.2, 0) is 29.5 Å². The summed E-state index contributed by atoms with van der Waals surface area (Å²) >= 11 is 0. The quantitative estimate of drug-likeness (QED) is 0.760. The molecule has 0 fully saturated rings. The van der Waals surface area contributed by atoms with Gasteiger partial charge in [-0.3, -0.25) is 9.59 Å². The fraction of sp³-hybridized carbons (Fsp3) is 0.250. The van der Waals surface area contributed by atoms with Crippen LogP contribution in [0.3, 0.4) is 0 Å². The van der Waals surface area contributed by atoms with Gasteiger partial charge in [-0.25, -0.2) is 4.98 Å². The molecule has 4 rings (SSSR count). The van der Waals surface area contributed by atoms with Gasteiger partial charge < -0.3 is 15.2 Å². The van der Waals surface area contributed by atoms with Crippen LogP contribution in [0.15, 0.2) is 42.5 Å². The van der Waals surface area contributed by atoms with Gasteiger partial charge in [0.15, 0.2) is 0 Å². The highest BCUT2D eigenvalue weighted by atomic mass is 16.2. The highest BCUT2D eigenvalue weighted by Crippen LogP contribution is 2.24. The molecule has 1 aliphatic heterocycles. The second kappa shape index (κ2) is 6.29. The fourth-order valence-electron chi connectivity index (χ4n) is 3.47. The van der Waals surface area contributed by atoms with Crippen molar-refractivity contribution in [2.45, 2.75) is 25.8 Å². The number of benzene rings is 2. The van der Waals surface area contributed by atoms with E-state index < -0.39 is 0 Å². The lowest BCUT2D eigenvalue weighted by molar-refractivity contribution is -0.121. The Hall–Kier alpha value is -3.15. The van der Waals surface area contributed by atoms with Gasteiger partial charge in [0.25, 0.3) is 0 Å². The van der Waals surface area contributed by atoms with Crippen molar-refractivity contribution in [1.29, 1.82) is 0 Å². The number of aromatic nitrogens is 2. The minimum Gasteiger partial charge on any atom is -0.346 e. The first-order valence-corrected chi connectivity index (χ1v) is 8.63. The van der Waals surface area contributed by atoms with Gasteiger partial charge >= 0.3 is 0 Å². The summed E-state index contributed by atoms with van der Waals surface area (Å²) in [6.07, 6.45) is 0.670. The lowest BCUT2D eigenvalue weighted by Crippen LogP contribution is -2.29. The number of amides is 2. The van der Waals surface area contributed by atoms with E-state index in [0.29, 0.717) is 6.42 Å². The summed E-state index contributed by atoms with van der Waals surface area (Å²) < 4.78 is 2.01. The van der Waals surface area contributed by atoms with Gasteiger partial charge in [-0.15, -0.1) is 0 Å². The Labute approximate surface area is 151 Å². The first-order valence-electron chi connectivity index (χ1n) is 8.63. The minimum atomic E-state index is -0.200. The van der Waals surface area contributed by atoms with Gasteiger partial charge in [0.2, 0.25) is 11.8 Å². The topological polar surface area (TPSA) is 76.0 Å². The number of carbonyl (C=O) groups is 2. The van der Waals surface area contributed by atoms with E-state index in [4.69, 9.17) is 0 Å². The summed E-state index contributed by atoms with van der Waals surface area (Å²) in [6.45, 7) is 1.93. The SMILES string of the molecule is C[C@@H](NC(=O)Cc1ccc2c(c1)NC(=O)C2)c1nc2ccccc2n1C. The molecular formula is C20H20N4O2. The van der Waals surface area contributed by atoms with Crippen LogP contribution in [0.1, 0.15) is 29.9 Å². The van der Waals surface area contributed by atoms with Crippen molar-refractivity contribution in [3.8, 4) is 0 Å². The largest absolute Gasteiger partial charge is 0.346 e. The van der Waals surface area contributed by atoms with Crippen LogP contribution in [0.4, 0.5) is 5.69 Å². The molecule has 2 amide bonds. The van der Waals surface area contributed by atoms with E-state index in [-0.39, 0.29) is 24.3 Å². The molecule has 1 atom stereocenters. The molecule has 0 unspecified atom stereocenters. The van der Waals surface area contributed by atoms with Gasteiger partial charge in [0.05, 0.1) is 29.9 Å². The fourth-order valence-corrected chi connectivity index (χ4v) is 3.47. The number of hydrogen-bond donors (Lipinski definition) is 2. The molecule has 0 aliphatic carbocycles. The third kappa shape index (κ3) is 2.94. The van der Waals surface area contributed by atoms with Crippen molar-refractivity contribution in [2.75, 3.05) is 5.32 Å². The highest BCUT2D eigenvalue weighted by Gasteiger charge is 2.19. The monoisotopic (exact) mass is 348 g/mol. The predicted octanol–water partition coefficient (Wildman–Crippen LogP) is 2.49. The average molecular weight is 348 g/mol. The normalized spacial score (nSPS) is 14.2. The molecule has 0 radical (unpaired) electrons. The van der Waals surface area contributed by atoms with Crippen molar-refractivity contribution in [3.05, 3.63) is 59.4 Å². The molecule has 6 heteroatoms. The summed E-state index contributed by atoms with van der Waals surface area (Å²) in [4.78, 5) is 28.5. The van der Waals surface area contributed by atoms with Gasteiger partial charge in [-0.2, -0.15) is 0 Å². The summed E-state index contributed by atoms with van der Waals surface area (Å²) in [5.74, 6) is 0.742. The standard InChI is InChI=1S/C20H20N4O2/c1-12(20-23-15-5-3-4-6-17(15)24(20)2)21-18(25)10-13-7-8-14-11-19(26)22-16(14)9-13/h3-9,12H,10-11H2,1-2H3,(H,21,25)(H,22,26)/t12-/m1/s1. The highest BCUT2D eigenvalue weighted by molar-refractivity contribution is 5.99. The lowest BCUT2D eigenvalue weighted by Gasteiger charge is -2.14. The number of nitrogens with zero attached hydrogens (tertiary/aromatic N) is 2. The number of para-hydroxylation sites is 2. The molecule has 2 aromatic carbocycles. The van der Waals surface area contributed by atoms with Crippen molar-refractivity contribution in [2.24, 2.45) is 7.05 Å². The molecule has 0 bridgehead atoms. The molecule has 0 spiro atoms. The van der Waals surface area contributed by atoms with Crippen LogP contribution in [-0.4, -0.2) is 21.4 Å². The van der Waals surface area contributed by atoms with Crippen molar-refractivity contribution >= 4 is 28.5 Å². The molecule has 3 aromatic rings. The second-order valence-corrected chi connectivity index (χ2v) is 6.70. The van der Waals surface area contributed by atoms with E-state index in [1.165, 1.54) is 0 Å². The maximum absolute atomic E-state index is 12.5. The number of nitrogens with one attached hydrogen (secondary N) is 2. The lowest BCUT2D eigenvalue weighted by atomic mass is 10.1. The Morgan fingerprint density at radius 2 is 2.12 bits per heavy atom. The maximum atomic E-state index is 12.5. The van der Waals surface area contributed by atoms with Crippen LogP contribution >= 0.6 is 0 Å². The van der Waals surface area contributed by atoms with E-state index >= 15 is 0 Å². The molecule has 132 valence electrons. The second-order valence-electron chi connectivity index (χ2n) is 6.70. The molecule has 1 aliphatic rings. The van der Waals surface area contributed by atoms with Crippen molar-refractivity contribution < 1.29 is 9.59 Å². The van der Waals surface area contributed by atoms with Crippen LogP contribution < -0.4 is 10.6 Å². The average Bonchev–Trinajstić information content (AvgIpc) is 3.14. The molecule has 0 saturated heterocycles. The van der Waals surface area contributed by atoms with Crippen molar-refractivity contribution in [3.63, 3.8) is 0 Å². The first-order chi connectivity index (χ1) is 12.5. The molecule has 2 N–H and O–H groups in total. The van der Waals surface area contributed by atoms with Crippen LogP contribution in [0.2, 0.25) is 0 Å². The van der Waals surface area contributed by atoms with Crippen LogP contribution in [0.25, 0.3) is 11.0 Å². The third-order valence-corrected chi connectivity index (χ3v) is 4.75. The zero-order valence-electron chi connectivity index (χ0n) is 14.7. The first kappa shape index (κ1) is 16.3. The molecule has 6 nitrogen and oxygen atoms in total. The summed E-state index contributed by atoms with van der Waals surface area (Å²) in [7, 11) is 1.95. The van der Waals surface area contributed by atoms with E-state index in [1.807, 2.05) is 61.0 Å². The molecule has 2 heterocycles. The number of fused-ring (bicyclic) bond motifs is 2. The number of hydrogen-bond acceptors (Lipinski definition) is 3. The number of imidazole rings is 1. The number of aryl methyl sites for hydroxylation is 1. The Kier molecular flexibility index (Phi) is 3.95. The van der Waals surface area contributed by atoms with Crippen LogP contribution in [0, 0.1) is 0 Å². The van der Waals surface area contributed by atoms with E-state index in [0.717, 1.165) is 33.7 Å². The smallest absolute Gasteiger partial charge is 0.228 e. The predicted molar refractivity (Wildman–Crippen MR) is 99.8 cm³/mol. The van der Waals surface area contributed by atoms with Gasteiger partial charge in [0, 0.05) is 12.7 Å².